The fourth-order valence-corrected chi connectivity index (χ4v) is 3.13. The molecule has 6 nitrogen and oxygen atoms in total. The van der Waals surface area contributed by atoms with Crippen molar-refractivity contribution in [3.05, 3.63) is 36.9 Å². The summed E-state index contributed by atoms with van der Waals surface area (Å²) < 4.78 is 29.2. The van der Waals surface area contributed by atoms with E-state index >= 15 is 0 Å². The summed E-state index contributed by atoms with van der Waals surface area (Å²) in [5.74, 6) is -1.74. The Morgan fingerprint density at radius 2 is 2.08 bits per heavy atom. The Balaban J connectivity index is 1.77. The summed E-state index contributed by atoms with van der Waals surface area (Å²) in [5.41, 5.74) is 3.14. The van der Waals surface area contributed by atoms with Gasteiger partial charge in [0, 0.05) is 43.3 Å². The normalized spacial score (nSPS) is 18.2. The lowest BCUT2D eigenvalue weighted by atomic mass is 10.1. The summed E-state index contributed by atoms with van der Waals surface area (Å²) in [7, 11) is 1.83. The van der Waals surface area contributed by atoms with E-state index < -0.39 is 18.3 Å². The van der Waals surface area contributed by atoms with Gasteiger partial charge in [-0.2, -0.15) is 10.2 Å². The van der Waals surface area contributed by atoms with Crippen LogP contribution in [-0.2, 0) is 11.8 Å². The van der Waals surface area contributed by atoms with Crippen LogP contribution in [0.5, 0.6) is 0 Å². The SMILES string of the molecule is Cn1cc(-c2cc3c(N4CCC(C(F)F)C4=O)ccnn3c2)cn1. The molecule has 1 fully saturated rings. The number of alkyl halides is 2. The molecule has 1 aliphatic heterocycles. The fourth-order valence-electron chi connectivity index (χ4n) is 3.13. The second kappa shape index (κ2) is 5.40. The Bertz CT molecular complexity index is 916. The molecule has 0 radical (unpaired) electrons. The first kappa shape index (κ1) is 14.8. The summed E-state index contributed by atoms with van der Waals surface area (Å²) >= 11 is 0. The van der Waals surface area contributed by atoms with Gasteiger partial charge in [0.1, 0.15) is 5.92 Å². The second-order valence-electron chi connectivity index (χ2n) is 5.90. The van der Waals surface area contributed by atoms with Crippen molar-refractivity contribution in [3.8, 4) is 11.1 Å². The molecule has 0 bridgehead atoms. The summed E-state index contributed by atoms with van der Waals surface area (Å²) in [5, 5.41) is 8.39. The fraction of sp³-hybridized carbons (Fsp3) is 0.312. The maximum Gasteiger partial charge on any atom is 0.250 e. The Kier molecular flexibility index (Phi) is 3.33. The molecule has 8 heteroatoms. The second-order valence-corrected chi connectivity index (χ2v) is 5.90. The molecule has 0 aromatic carbocycles. The number of amides is 1. The van der Waals surface area contributed by atoms with E-state index in [9.17, 15) is 13.6 Å². The average molecular weight is 331 g/mol. The lowest BCUT2D eigenvalue weighted by Gasteiger charge is -2.17. The topological polar surface area (TPSA) is 55.4 Å². The largest absolute Gasteiger partial charge is 0.310 e. The third-order valence-electron chi connectivity index (χ3n) is 4.37. The number of carbonyl (C=O) groups is 1. The third kappa shape index (κ3) is 2.26. The minimum absolute atomic E-state index is 0.168. The molecule has 0 saturated carbocycles. The van der Waals surface area contributed by atoms with E-state index in [1.807, 2.05) is 25.5 Å². The predicted octanol–water partition coefficient (Wildman–Crippen LogP) is 2.35. The van der Waals surface area contributed by atoms with Gasteiger partial charge in [0.05, 0.1) is 17.4 Å². The van der Waals surface area contributed by atoms with Crippen LogP contribution in [0.2, 0.25) is 0 Å². The van der Waals surface area contributed by atoms with E-state index in [1.165, 1.54) is 4.90 Å². The van der Waals surface area contributed by atoms with Gasteiger partial charge in [-0.3, -0.25) is 9.48 Å². The van der Waals surface area contributed by atoms with E-state index in [2.05, 4.69) is 10.2 Å². The highest BCUT2D eigenvalue weighted by atomic mass is 19.3. The molecule has 1 amide bonds. The van der Waals surface area contributed by atoms with Crippen LogP contribution in [0, 0.1) is 5.92 Å². The van der Waals surface area contributed by atoms with Crippen LogP contribution < -0.4 is 4.90 Å². The molecule has 3 aromatic rings. The number of nitrogens with zero attached hydrogens (tertiary/aromatic N) is 5. The van der Waals surface area contributed by atoms with Crippen LogP contribution in [0.15, 0.2) is 36.9 Å². The van der Waals surface area contributed by atoms with Gasteiger partial charge in [-0.25, -0.2) is 13.3 Å². The highest BCUT2D eigenvalue weighted by Gasteiger charge is 2.39. The lowest BCUT2D eigenvalue weighted by Crippen LogP contribution is -2.29. The molecular weight excluding hydrogens is 316 g/mol. The Morgan fingerprint density at radius 1 is 1.25 bits per heavy atom. The van der Waals surface area contributed by atoms with Crippen molar-refractivity contribution in [3.63, 3.8) is 0 Å². The molecule has 1 aliphatic rings. The van der Waals surface area contributed by atoms with Gasteiger partial charge in [0.15, 0.2) is 0 Å². The first-order chi connectivity index (χ1) is 11.5. The number of hydrogen-bond donors (Lipinski definition) is 0. The molecule has 1 saturated heterocycles. The molecule has 4 rings (SSSR count). The average Bonchev–Trinajstić information content (AvgIpc) is 3.24. The number of halogens is 2. The molecule has 4 heterocycles. The van der Waals surface area contributed by atoms with E-state index in [-0.39, 0.29) is 6.42 Å². The molecule has 0 aliphatic carbocycles. The van der Waals surface area contributed by atoms with Gasteiger partial charge in [-0.15, -0.1) is 0 Å². The standard InChI is InChI=1S/C16H15F2N5O/c1-21-8-11(7-20-21)10-6-14-13(2-4-19-23(14)9-10)22-5-3-12(15(17)18)16(22)24/h2,4,6-9,12,15H,3,5H2,1H3. The maximum absolute atomic E-state index is 12.9. The van der Waals surface area contributed by atoms with E-state index in [4.69, 9.17) is 0 Å². The zero-order valence-electron chi connectivity index (χ0n) is 12.9. The van der Waals surface area contributed by atoms with E-state index in [1.54, 1.807) is 27.7 Å². The summed E-state index contributed by atoms with van der Waals surface area (Å²) in [6.45, 7) is 0.293. The number of aromatic nitrogens is 4. The molecule has 1 atom stereocenters. The van der Waals surface area contributed by atoms with Crippen molar-refractivity contribution in [1.82, 2.24) is 19.4 Å². The molecule has 0 spiro atoms. The van der Waals surface area contributed by atoms with Crippen molar-refractivity contribution in [2.45, 2.75) is 12.8 Å². The Hall–Kier alpha value is -2.77. The van der Waals surface area contributed by atoms with Crippen molar-refractivity contribution in [2.24, 2.45) is 13.0 Å². The van der Waals surface area contributed by atoms with Crippen LogP contribution in [-0.4, -0.2) is 38.3 Å². The summed E-state index contributed by atoms with van der Waals surface area (Å²) in [6, 6.07) is 3.58. The maximum atomic E-state index is 12.9. The summed E-state index contributed by atoms with van der Waals surface area (Å²) in [6.07, 6.45) is 4.56. The van der Waals surface area contributed by atoms with Crippen molar-refractivity contribution >= 4 is 17.1 Å². The summed E-state index contributed by atoms with van der Waals surface area (Å²) in [4.78, 5) is 13.7. The number of fused-ring (bicyclic) bond motifs is 1. The van der Waals surface area contributed by atoms with Crippen LogP contribution in [0.3, 0.4) is 0 Å². The quantitative estimate of drug-likeness (QED) is 0.740. The molecule has 3 aromatic heterocycles. The van der Waals surface area contributed by atoms with Gasteiger partial charge in [-0.05, 0) is 18.6 Å². The first-order valence-electron chi connectivity index (χ1n) is 7.60. The van der Waals surface area contributed by atoms with Crippen molar-refractivity contribution in [1.29, 1.82) is 0 Å². The van der Waals surface area contributed by atoms with Crippen LogP contribution in [0.25, 0.3) is 16.6 Å². The van der Waals surface area contributed by atoms with Crippen LogP contribution >= 0.6 is 0 Å². The Morgan fingerprint density at radius 3 is 2.75 bits per heavy atom. The highest BCUT2D eigenvalue weighted by Crippen LogP contribution is 2.33. The Labute approximate surface area is 136 Å². The minimum Gasteiger partial charge on any atom is -0.310 e. The third-order valence-corrected chi connectivity index (χ3v) is 4.37. The zero-order valence-corrected chi connectivity index (χ0v) is 12.9. The highest BCUT2D eigenvalue weighted by molar-refractivity contribution is 6.01. The molecule has 0 N–H and O–H groups in total. The number of hydrogen-bond acceptors (Lipinski definition) is 3. The van der Waals surface area contributed by atoms with Gasteiger partial charge >= 0.3 is 0 Å². The predicted molar refractivity (Wildman–Crippen MR) is 83.9 cm³/mol. The van der Waals surface area contributed by atoms with Crippen LogP contribution in [0.1, 0.15) is 6.42 Å². The van der Waals surface area contributed by atoms with Gasteiger partial charge in [0.2, 0.25) is 12.3 Å². The first-order valence-corrected chi connectivity index (χ1v) is 7.60. The van der Waals surface area contributed by atoms with Crippen molar-refractivity contribution < 1.29 is 13.6 Å². The number of aryl methyl sites for hydroxylation is 1. The molecule has 1 unspecified atom stereocenters. The number of carbonyl (C=O) groups excluding carboxylic acids is 1. The van der Waals surface area contributed by atoms with Gasteiger partial charge in [-0.1, -0.05) is 0 Å². The minimum atomic E-state index is -2.63. The van der Waals surface area contributed by atoms with Gasteiger partial charge < -0.3 is 4.90 Å². The number of rotatable bonds is 3. The smallest absolute Gasteiger partial charge is 0.250 e. The molecular formula is C16H15F2N5O. The number of anilines is 1. The zero-order chi connectivity index (χ0) is 16.8. The lowest BCUT2D eigenvalue weighted by molar-refractivity contribution is -0.124. The van der Waals surface area contributed by atoms with Gasteiger partial charge in [0.25, 0.3) is 0 Å². The molecule has 24 heavy (non-hydrogen) atoms. The monoisotopic (exact) mass is 331 g/mol. The molecule has 124 valence electrons. The van der Waals surface area contributed by atoms with E-state index in [0.717, 1.165) is 11.1 Å². The van der Waals surface area contributed by atoms with Crippen LogP contribution in [0.4, 0.5) is 14.5 Å². The van der Waals surface area contributed by atoms with Crippen molar-refractivity contribution in [2.75, 3.05) is 11.4 Å². The van der Waals surface area contributed by atoms with E-state index in [0.29, 0.717) is 17.7 Å².